The van der Waals surface area contributed by atoms with Crippen molar-refractivity contribution < 1.29 is 4.74 Å². The van der Waals surface area contributed by atoms with Crippen LogP contribution in [0.2, 0.25) is 0 Å². The molecule has 0 spiro atoms. The molecule has 27 heavy (non-hydrogen) atoms. The Labute approximate surface area is 158 Å². The molecule has 4 aromatic rings. The number of pyridine rings is 1. The molecule has 2 aromatic carbocycles. The van der Waals surface area contributed by atoms with Gasteiger partial charge >= 0.3 is 0 Å². The van der Waals surface area contributed by atoms with Gasteiger partial charge in [0, 0.05) is 19.2 Å². The highest BCUT2D eigenvalue weighted by molar-refractivity contribution is 5.82. The van der Waals surface area contributed by atoms with Crippen LogP contribution in [0, 0.1) is 6.92 Å². The van der Waals surface area contributed by atoms with Crippen molar-refractivity contribution in [2.24, 2.45) is 7.05 Å². The standard InChI is InChI=1S/C22H22N4O/c1-15-5-4-6-16(11-15)13-24-22-25-20-14-23-19(12-21(20)26(22)2)17-7-9-18(27-3)10-8-17/h4-12,14H,13H2,1-3H3,(H,24,25). The molecule has 0 aliphatic carbocycles. The van der Waals surface area contributed by atoms with Crippen LogP contribution in [0.5, 0.6) is 5.75 Å². The Morgan fingerprint density at radius 3 is 2.63 bits per heavy atom. The fraction of sp³-hybridized carbons (Fsp3) is 0.182. The number of benzene rings is 2. The predicted molar refractivity (Wildman–Crippen MR) is 109 cm³/mol. The Hall–Kier alpha value is -3.34. The van der Waals surface area contributed by atoms with Crippen LogP contribution >= 0.6 is 0 Å². The van der Waals surface area contributed by atoms with Gasteiger partial charge in [0.05, 0.1) is 24.5 Å². The molecule has 5 nitrogen and oxygen atoms in total. The molecule has 0 fully saturated rings. The fourth-order valence-corrected chi connectivity index (χ4v) is 3.18. The molecule has 2 heterocycles. The lowest BCUT2D eigenvalue weighted by molar-refractivity contribution is 0.415. The van der Waals surface area contributed by atoms with Crippen LogP contribution in [0.15, 0.2) is 60.8 Å². The number of hydrogen-bond acceptors (Lipinski definition) is 4. The molecule has 2 aromatic heterocycles. The summed E-state index contributed by atoms with van der Waals surface area (Å²) in [6.45, 7) is 2.84. The Kier molecular flexibility index (Phi) is 4.50. The first-order valence-corrected chi connectivity index (χ1v) is 8.90. The summed E-state index contributed by atoms with van der Waals surface area (Å²) in [4.78, 5) is 9.25. The third kappa shape index (κ3) is 3.49. The molecule has 0 radical (unpaired) electrons. The Balaban J connectivity index is 1.61. The molecule has 5 heteroatoms. The second-order valence-corrected chi connectivity index (χ2v) is 6.62. The van der Waals surface area contributed by atoms with Crippen molar-refractivity contribution in [1.29, 1.82) is 0 Å². The molecule has 0 aliphatic rings. The highest BCUT2D eigenvalue weighted by Gasteiger charge is 2.10. The topological polar surface area (TPSA) is 52.0 Å². The van der Waals surface area contributed by atoms with E-state index in [2.05, 4.69) is 57.1 Å². The molecule has 0 unspecified atom stereocenters. The number of hydrogen-bond donors (Lipinski definition) is 1. The van der Waals surface area contributed by atoms with Gasteiger partial charge in [-0.3, -0.25) is 4.98 Å². The summed E-state index contributed by atoms with van der Waals surface area (Å²) in [7, 11) is 3.69. The first-order chi connectivity index (χ1) is 13.1. The van der Waals surface area contributed by atoms with Gasteiger partial charge in [-0.25, -0.2) is 4.98 Å². The number of fused-ring (bicyclic) bond motifs is 1. The lowest BCUT2D eigenvalue weighted by Crippen LogP contribution is -2.05. The average Bonchev–Trinajstić information content (AvgIpc) is 3.02. The lowest BCUT2D eigenvalue weighted by atomic mass is 10.1. The van der Waals surface area contributed by atoms with E-state index in [0.29, 0.717) is 0 Å². The SMILES string of the molecule is COc1ccc(-c2cc3c(cn2)nc(NCc2cccc(C)c2)n3C)cc1. The van der Waals surface area contributed by atoms with Crippen LogP contribution in [-0.2, 0) is 13.6 Å². The molecular weight excluding hydrogens is 336 g/mol. The van der Waals surface area contributed by atoms with E-state index in [0.717, 1.165) is 40.5 Å². The number of nitrogens with one attached hydrogen (secondary N) is 1. The lowest BCUT2D eigenvalue weighted by Gasteiger charge is -2.07. The molecular formula is C22H22N4O. The van der Waals surface area contributed by atoms with Crippen molar-refractivity contribution in [1.82, 2.24) is 14.5 Å². The van der Waals surface area contributed by atoms with E-state index in [4.69, 9.17) is 4.74 Å². The molecule has 1 N–H and O–H groups in total. The zero-order valence-electron chi connectivity index (χ0n) is 15.7. The van der Waals surface area contributed by atoms with E-state index in [1.807, 2.05) is 37.5 Å². The van der Waals surface area contributed by atoms with E-state index in [9.17, 15) is 0 Å². The second kappa shape index (κ2) is 7.11. The van der Waals surface area contributed by atoms with Crippen molar-refractivity contribution in [2.45, 2.75) is 13.5 Å². The summed E-state index contributed by atoms with van der Waals surface area (Å²) in [6.07, 6.45) is 1.83. The number of ether oxygens (including phenoxy) is 1. The second-order valence-electron chi connectivity index (χ2n) is 6.62. The molecule has 0 saturated heterocycles. The number of aryl methyl sites for hydroxylation is 2. The Bertz CT molecular complexity index is 1080. The first-order valence-electron chi connectivity index (χ1n) is 8.90. The van der Waals surface area contributed by atoms with Gasteiger partial charge in [-0.15, -0.1) is 0 Å². The van der Waals surface area contributed by atoms with Gasteiger partial charge in [0.25, 0.3) is 0 Å². The summed E-state index contributed by atoms with van der Waals surface area (Å²) in [5.41, 5.74) is 6.38. The average molecular weight is 358 g/mol. The molecule has 0 atom stereocenters. The summed E-state index contributed by atoms with van der Waals surface area (Å²) in [5.74, 6) is 1.67. The van der Waals surface area contributed by atoms with E-state index in [1.54, 1.807) is 7.11 Å². The zero-order chi connectivity index (χ0) is 18.8. The minimum Gasteiger partial charge on any atom is -0.497 e. The van der Waals surface area contributed by atoms with Gasteiger partial charge in [0.15, 0.2) is 0 Å². The molecule has 0 amide bonds. The number of methoxy groups -OCH3 is 1. The summed E-state index contributed by atoms with van der Waals surface area (Å²) < 4.78 is 7.29. The van der Waals surface area contributed by atoms with Gasteiger partial charge in [-0.2, -0.15) is 0 Å². The zero-order valence-corrected chi connectivity index (χ0v) is 15.7. The Morgan fingerprint density at radius 1 is 1.07 bits per heavy atom. The third-order valence-corrected chi connectivity index (χ3v) is 4.69. The van der Waals surface area contributed by atoms with Gasteiger partial charge in [0.1, 0.15) is 11.3 Å². The van der Waals surface area contributed by atoms with Gasteiger partial charge in [-0.05, 0) is 42.8 Å². The smallest absolute Gasteiger partial charge is 0.203 e. The van der Waals surface area contributed by atoms with E-state index < -0.39 is 0 Å². The minimum atomic E-state index is 0.734. The predicted octanol–water partition coefficient (Wildman–Crippen LogP) is 4.56. The molecule has 136 valence electrons. The Morgan fingerprint density at radius 2 is 1.89 bits per heavy atom. The maximum absolute atomic E-state index is 5.23. The highest BCUT2D eigenvalue weighted by Crippen LogP contribution is 2.25. The van der Waals surface area contributed by atoms with Crippen LogP contribution < -0.4 is 10.1 Å². The summed E-state index contributed by atoms with van der Waals surface area (Å²) in [5, 5.41) is 3.43. The molecule has 0 saturated carbocycles. The number of nitrogens with zero attached hydrogens (tertiary/aromatic N) is 3. The monoisotopic (exact) mass is 358 g/mol. The van der Waals surface area contributed by atoms with Crippen molar-refractivity contribution >= 4 is 17.0 Å². The summed E-state index contributed by atoms with van der Waals surface area (Å²) >= 11 is 0. The van der Waals surface area contributed by atoms with E-state index >= 15 is 0 Å². The van der Waals surface area contributed by atoms with E-state index in [1.165, 1.54) is 11.1 Å². The minimum absolute atomic E-state index is 0.734. The normalized spacial score (nSPS) is 10.9. The first kappa shape index (κ1) is 17.1. The van der Waals surface area contributed by atoms with Crippen molar-refractivity contribution in [2.75, 3.05) is 12.4 Å². The highest BCUT2D eigenvalue weighted by atomic mass is 16.5. The molecule has 0 aliphatic heterocycles. The van der Waals surface area contributed by atoms with E-state index in [-0.39, 0.29) is 0 Å². The number of rotatable bonds is 5. The maximum atomic E-state index is 5.23. The molecule has 4 rings (SSSR count). The molecule has 0 bridgehead atoms. The quantitative estimate of drug-likeness (QED) is 0.568. The largest absolute Gasteiger partial charge is 0.497 e. The maximum Gasteiger partial charge on any atom is 0.203 e. The number of anilines is 1. The van der Waals surface area contributed by atoms with Gasteiger partial charge < -0.3 is 14.6 Å². The van der Waals surface area contributed by atoms with Gasteiger partial charge in [0.2, 0.25) is 5.95 Å². The van der Waals surface area contributed by atoms with Crippen LogP contribution in [0.25, 0.3) is 22.3 Å². The van der Waals surface area contributed by atoms with Crippen LogP contribution in [0.4, 0.5) is 5.95 Å². The third-order valence-electron chi connectivity index (χ3n) is 4.69. The van der Waals surface area contributed by atoms with Crippen molar-refractivity contribution in [3.05, 3.63) is 71.9 Å². The van der Waals surface area contributed by atoms with Crippen molar-refractivity contribution in [3.8, 4) is 17.0 Å². The summed E-state index contributed by atoms with van der Waals surface area (Å²) in [6, 6.07) is 18.5. The van der Waals surface area contributed by atoms with Crippen LogP contribution in [-0.4, -0.2) is 21.6 Å². The fourth-order valence-electron chi connectivity index (χ4n) is 3.18. The van der Waals surface area contributed by atoms with Gasteiger partial charge in [-0.1, -0.05) is 29.8 Å². The number of aromatic nitrogens is 3. The van der Waals surface area contributed by atoms with Crippen LogP contribution in [0.3, 0.4) is 0 Å². The van der Waals surface area contributed by atoms with Crippen molar-refractivity contribution in [3.63, 3.8) is 0 Å². The van der Waals surface area contributed by atoms with Crippen LogP contribution in [0.1, 0.15) is 11.1 Å². The number of imidazole rings is 1.